The van der Waals surface area contributed by atoms with Gasteiger partial charge >= 0.3 is 0 Å². The minimum atomic E-state index is -0.339. The Bertz CT molecular complexity index is 384. The maximum absolute atomic E-state index is 10.0. The Morgan fingerprint density at radius 3 is 2.50 bits per heavy atom. The Labute approximate surface area is 122 Å². The average Bonchev–Trinajstić information content (AvgIpc) is 2.97. The molecule has 0 heterocycles. The van der Waals surface area contributed by atoms with Crippen molar-refractivity contribution in [3.8, 4) is 5.75 Å². The van der Waals surface area contributed by atoms with Crippen molar-refractivity contribution in [2.45, 2.75) is 51.2 Å². The van der Waals surface area contributed by atoms with E-state index in [4.69, 9.17) is 4.74 Å². The van der Waals surface area contributed by atoms with Gasteiger partial charge in [-0.2, -0.15) is 0 Å². The van der Waals surface area contributed by atoms with Crippen LogP contribution >= 0.6 is 0 Å². The van der Waals surface area contributed by atoms with Crippen LogP contribution in [0.5, 0.6) is 5.75 Å². The van der Waals surface area contributed by atoms with Crippen molar-refractivity contribution in [3.63, 3.8) is 0 Å². The predicted molar refractivity (Wildman–Crippen MR) is 82.0 cm³/mol. The van der Waals surface area contributed by atoms with Crippen LogP contribution < -0.4 is 10.1 Å². The van der Waals surface area contributed by atoms with E-state index in [1.54, 1.807) is 0 Å². The first-order chi connectivity index (χ1) is 9.69. The quantitative estimate of drug-likeness (QED) is 0.803. The molecule has 0 saturated heterocycles. The second kappa shape index (κ2) is 7.65. The highest BCUT2D eigenvalue weighted by molar-refractivity contribution is 5.28. The molecule has 0 amide bonds. The number of nitrogens with one attached hydrogen (secondary N) is 1. The Hall–Kier alpha value is -1.06. The summed E-state index contributed by atoms with van der Waals surface area (Å²) in [6, 6.07) is 8.44. The fourth-order valence-electron chi connectivity index (χ4n) is 2.91. The molecule has 20 heavy (non-hydrogen) atoms. The first-order valence-electron chi connectivity index (χ1n) is 7.77. The van der Waals surface area contributed by atoms with Gasteiger partial charge in [0, 0.05) is 6.04 Å². The van der Waals surface area contributed by atoms with Gasteiger partial charge in [-0.1, -0.05) is 37.8 Å². The summed E-state index contributed by atoms with van der Waals surface area (Å²) in [4.78, 5) is 0. The van der Waals surface area contributed by atoms with Crippen LogP contribution in [0.25, 0.3) is 0 Å². The van der Waals surface area contributed by atoms with Crippen LogP contribution in [0, 0.1) is 5.92 Å². The van der Waals surface area contributed by atoms with E-state index < -0.39 is 0 Å². The molecule has 1 aliphatic rings. The van der Waals surface area contributed by atoms with Crippen molar-refractivity contribution in [1.29, 1.82) is 0 Å². The highest BCUT2D eigenvalue weighted by atomic mass is 16.5. The third-order valence-electron chi connectivity index (χ3n) is 4.34. The van der Waals surface area contributed by atoms with Gasteiger partial charge < -0.3 is 15.2 Å². The fourth-order valence-corrected chi connectivity index (χ4v) is 2.91. The molecule has 1 fully saturated rings. The van der Waals surface area contributed by atoms with E-state index >= 15 is 0 Å². The molecule has 2 N–H and O–H groups in total. The largest absolute Gasteiger partial charge is 0.491 e. The zero-order valence-corrected chi connectivity index (χ0v) is 12.6. The molecule has 2 rings (SSSR count). The third-order valence-corrected chi connectivity index (χ3v) is 4.34. The average molecular weight is 277 g/mol. The van der Waals surface area contributed by atoms with Crippen molar-refractivity contribution in [2.24, 2.45) is 5.92 Å². The minimum Gasteiger partial charge on any atom is -0.491 e. The van der Waals surface area contributed by atoms with Gasteiger partial charge in [0.2, 0.25) is 0 Å². The van der Waals surface area contributed by atoms with Gasteiger partial charge in [0.25, 0.3) is 0 Å². The van der Waals surface area contributed by atoms with E-state index in [-0.39, 0.29) is 6.10 Å². The number of aliphatic hydroxyl groups is 1. The minimum absolute atomic E-state index is 0.339. The number of ether oxygens (including phenoxy) is 1. The van der Waals surface area contributed by atoms with E-state index in [9.17, 15) is 5.11 Å². The molecule has 0 bridgehead atoms. The van der Waals surface area contributed by atoms with Gasteiger partial charge in [0.15, 0.2) is 0 Å². The summed E-state index contributed by atoms with van der Waals surface area (Å²) in [5.41, 5.74) is 1.24. The van der Waals surface area contributed by atoms with Crippen LogP contribution in [0.1, 0.15) is 50.6 Å². The summed E-state index contributed by atoms with van der Waals surface area (Å²) in [5.74, 6) is 1.54. The summed E-state index contributed by atoms with van der Waals surface area (Å²) >= 11 is 0. The van der Waals surface area contributed by atoms with Gasteiger partial charge in [-0.05, 0) is 44.0 Å². The van der Waals surface area contributed by atoms with Gasteiger partial charge in [-0.25, -0.2) is 0 Å². The van der Waals surface area contributed by atoms with Crippen LogP contribution in [-0.4, -0.2) is 24.9 Å². The highest BCUT2D eigenvalue weighted by Crippen LogP contribution is 2.28. The first-order valence-corrected chi connectivity index (χ1v) is 7.77. The molecule has 0 spiro atoms. The zero-order valence-electron chi connectivity index (χ0n) is 12.6. The lowest BCUT2D eigenvalue weighted by Gasteiger charge is -2.16. The van der Waals surface area contributed by atoms with Crippen LogP contribution in [-0.2, 0) is 0 Å². The van der Waals surface area contributed by atoms with Crippen LogP contribution in [0.15, 0.2) is 24.3 Å². The van der Waals surface area contributed by atoms with E-state index in [0.29, 0.717) is 18.6 Å². The summed E-state index contributed by atoms with van der Waals surface area (Å²) in [6.45, 7) is 2.53. The first kappa shape index (κ1) is 15.3. The number of hydrogen-bond donors (Lipinski definition) is 2. The molecule has 3 heteroatoms. The Morgan fingerprint density at radius 1 is 1.25 bits per heavy atom. The zero-order chi connectivity index (χ0) is 14.4. The molecule has 3 nitrogen and oxygen atoms in total. The van der Waals surface area contributed by atoms with Crippen molar-refractivity contribution in [1.82, 2.24) is 5.32 Å². The van der Waals surface area contributed by atoms with E-state index in [0.717, 1.165) is 12.2 Å². The van der Waals surface area contributed by atoms with Crippen molar-refractivity contribution >= 4 is 0 Å². The predicted octanol–water partition coefficient (Wildman–Crippen LogP) is 3.29. The highest BCUT2D eigenvalue weighted by Gasteiger charge is 2.19. The van der Waals surface area contributed by atoms with Crippen LogP contribution in [0.4, 0.5) is 0 Å². The summed E-state index contributed by atoms with van der Waals surface area (Å²) in [6.07, 6.45) is 5.73. The number of benzene rings is 1. The monoisotopic (exact) mass is 277 g/mol. The molecule has 0 radical (unpaired) electrons. The second-order valence-electron chi connectivity index (χ2n) is 5.93. The lowest BCUT2D eigenvalue weighted by molar-refractivity contribution is 0.0855. The maximum Gasteiger partial charge on any atom is 0.119 e. The molecule has 112 valence electrons. The Balaban J connectivity index is 1.75. The summed E-state index contributed by atoms with van der Waals surface area (Å²) in [5, 5.41) is 13.2. The SMILES string of the molecule is CNC(C)c1ccc(OCC(O)CC2CCCC2)cc1. The number of rotatable bonds is 7. The van der Waals surface area contributed by atoms with Gasteiger partial charge in [-0.15, -0.1) is 0 Å². The van der Waals surface area contributed by atoms with E-state index in [1.807, 2.05) is 19.2 Å². The van der Waals surface area contributed by atoms with Gasteiger partial charge in [-0.3, -0.25) is 0 Å². The molecule has 2 unspecified atom stereocenters. The van der Waals surface area contributed by atoms with Crippen molar-refractivity contribution < 1.29 is 9.84 Å². The molecular weight excluding hydrogens is 250 g/mol. The van der Waals surface area contributed by atoms with E-state index in [1.165, 1.54) is 31.2 Å². The maximum atomic E-state index is 10.0. The molecule has 0 aliphatic heterocycles. The summed E-state index contributed by atoms with van der Waals surface area (Å²) < 4.78 is 5.68. The molecule has 1 aromatic carbocycles. The lowest BCUT2D eigenvalue weighted by Crippen LogP contribution is -2.20. The number of aliphatic hydroxyl groups excluding tert-OH is 1. The topological polar surface area (TPSA) is 41.5 Å². The smallest absolute Gasteiger partial charge is 0.119 e. The molecule has 1 aliphatic carbocycles. The fraction of sp³-hybridized carbons (Fsp3) is 0.647. The number of hydrogen-bond acceptors (Lipinski definition) is 3. The molecular formula is C17H27NO2. The van der Waals surface area contributed by atoms with Gasteiger partial charge in [0.1, 0.15) is 12.4 Å². The third kappa shape index (κ3) is 4.50. The molecule has 1 aromatic rings. The second-order valence-corrected chi connectivity index (χ2v) is 5.93. The molecule has 2 atom stereocenters. The standard InChI is InChI=1S/C17H27NO2/c1-13(18-2)15-7-9-17(10-8-15)20-12-16(19)11-14-5-3-4-6-14/h7-10,13-14,16,18-19H,3-6,11-12H2,1-2H3. The molecule has 0 aromatic heterocycles. The molecule has 1 saturated carbocycles. The van der Waals surface area contributed by atoms with Gasteiger partial charge in [0.05, 0.1) is 6.10 Å². The van der Waals surface area contributed by atoms with Crippen molar-refractivity contribution in [2.75, 3.05) is 13.7 Å². The van der Waals surface area contributed by atoms with Crippen LogP contribution in [0.3, 0.4) is 0 Å². The lowest BCUT2D eigenvalue weighted by atomic mass is 10.0. The summed E-state index contributed by atoms with van der Waals surface area (Å²) in [7, 11) is 1.95. The van der Waals surface area contributed by atoms with E-state index in [2.05, 4.69) is 24.4 Å². The Kier molecular flexibility index (Phi) is 5.86. The normalized spacial score (nSPS) is 18.9. The van der Waals surface area contributed by atoms with Crippen molar-refractivity contribution in [3.05, 3.63) is 29.8 Å². The Morgan fingerprint density at radius 2 is 1.90 bits per heavy atom. The van der Waals surface area contributed by atoms with Crippen LogP contribution in [0.2, 0.25) is 0 Å².